The van der Waals surface area contributed by atoms with Gasteiger partial charge in [-0.3, -0.25) is 0 Å². The van der Waals surface area contributed by atoms with E-state index in [1.165, 1.54) is 12.1 Å². The number of hydrogen-bond donors (Lipinski definition) is 4. The molecular weight excluding hydrogens is 232 g/mol. The van der Waals surface area contributed by atoms with E-state index in [9.17, 15) is 20.4 Å². The average Bonchev–Trinajstić information content (AvgIpc) is 2.38. The number of aliphatic hydroxyl groups is 2. The summed E-state index contributed by atoms with van der Waals surface area (Å²) in [5.41, 5.74) is 1.68. The van der Waals surface area contributed by atoms with Crippen LogP contribution in [0, 0.1) is 0 Å². The first kappa shape index (κ1) is 12.4. The summed E-state index contributed by atoms with van der Waals surface area (Å²) >= 11 is 0. The minimum atomic E-state index is -0.261. The van der Waals surface area contributed by atoms with E-state index >= 15 is 0 Å². The average molecular weight is 246 g/mol. The molecule has 0 amide bonds. The van der Waals surface area contributed by atoms with Crippen LogP contribution in [0.3, 0.4) is 0 Å². The molecule has 4 N–H and O–H groups in total. The molecule has 0 fully saturated rings. The van der Waals surface area contributed by atoms with Crippen molar-refractivity contribution in [2.75, 3.05) is 0 Å². The molecule has 0 saturated heterocycles. The third kappa shape index (κ3) is 2.03. The minimum absolute atomic E-state index is 0.0437. The second-order valence-corrected chi connectivity index (χ2v) is 3.94. The monoisotopic (exact) mass is 246 g/mol. The molecule has 0 radical (unpaired) electrons. The maximum Gasteiger partial charge on any atom is 0.123 e. The molecule has 2 aromatic carbocycles. The zero-order valence-corrected chi connectivity index (χ0v) is 9.67. The van der Waals surface area contributed by atoms with Crippen molar-refractivity contribution in [1.82, 2.24) is 0 Å². The van der Waals surface area contributed by atoms with Gasteiger partial charge in [-0.05, 0) is 23.3 Å². The van der Waals surface area contributed by atoms with Gasteiger partial charge in [0, 0.05) is 11.1 Å². The fraction of sp³-hybridized carbons (Fsp3) is 0.143. The van der Waals surface area contributed by atoms with E-state index < -0.39 is 0 Å². The number of phenolic OH excluding ortho intramolecular Hbond substituents is 2. The number of aliphatic hydroxyl groups excluding tert-OH is 2. The lowest BCUT2D eigenvalue weighted by atomic mass is 9.94. The maximum absolute atomic E-state index is 9.92. The van der Waals surface area contributed by atoms with Crippen molar-refractivity contribution in [2.24, 2.45) is 0 Å². The minimum Gasteiger partial charge on any atom is -0.507 e. The Morgan fingerprint density at radius 2 is 1.06 bits per heavy atom. The largest absolute Gasteiger partial charge is 0.507 e. The van der Waals surface area contributed by atoms with Crippen LogP contribution in [0.4, 0.5) is 0 Å². The zero-order valence-electron chi connectivity index (χ0n) is 9.67. The summed E-state index contributed by atoms with van der Waals surface area (Å²) in [5.74, 6) is -0.0875. The second-order valence-electron chi connectivity index (χ2n) is 3.94. The van der Waals surface area contributed by atoms with Gasteiger partial charge in [0.1, 0.15) is 11.5 Å². The lowest BCUT2D eigenvalue weighted by Gasteiger charge is -2.14. The summed E-state index contributed by atoms with van der Waals surface area (Å²) in [6.45, 7) is -0.522. The third-order valence-electron chi connectivity index (χ3n) is 2.85. The Balaban J connectivity index is 2.76. The third-order valence-corrected chi connectivity index (χ3v) is 2.85. The molecule has 0 saturated carbocycles. The summed E-state index contributed by atoms with van der Waals surface area (Å²) < 4.78 is 0. The van der Waals surface area contributed by atoms with Crippen molar-refractivity contribution in [3.63, 3.8) is 0 Å². The van der Waals surface area contributed by atoms with Crippen LogP contribution in [0.1, 0.15) is 11.1 Å². The second kappa shape index (κ2) is 5.08. The molecule has 0 atom stereocenters. The standard InChI is InChI=1S/C14H14O4/c15-7-9-3-1-5-11(17)13(9)14-10(8-16)4-2-6-12(14)18/h1-6,15-18H,7-8H2. The van der Waals surface area contributed by atoms with Crippen molar-refractivity contribution in [2.45, 2.75) is 13.2 Å². The summed E-state index contributed by atoms with van der Waals surface area (Å²) in [6, 6.07) is 9.49. The van der Waals surface area contributed by atoms with Gasteiger partial charge in [0.2, 0.25) is 0 Å². The van der Waals surface area contributed by atoms with Crippen molar-refractivity contribution in [3.8, 4) is 22.6 Å². The van der Waals surface area contributed by atoms with Crippen molar-refractivity contribution in [3.05, 3.63) is 47.5 Å². The molecule has 0 aliphatic rings. The van der Waals surface area contributed by atoms with Gasteiger partial charge in [0.15, 0.2) is 0 Å². The highest BCUT2D eigenvalue weighted by atomic mass is 16.3. The van der Waals surface area contributed by atoms with E-state index in [1.807, 2.05) is 0 Å². The molecule has 0 bridgehead atoms. The maximum atomic E-state index is 9.92. The van der Waals surface area contributed by atoms with Crippen LogP contribution in [-0.2, 0) is 13.2 Å². The molecule has 0 heterocycles. The van der Waals surface area contributed by atoms with Gasteiger partial charge in [0.05, 0.1) is 13.2 Å². The van der Waals surface area contributed by atoms with Gasteiger partial charge in [-0.1, -0.05) is 24.3 Å². The van der Waals surface area contributed by atoms with E-state index in [0.29, 0.717) is 22.3 Å². The van der Waals surface area contributed by atoms with Crippen LogP contribution >= 0.6 is 0 Å². The molecule has 4 nitrogen and oxygen atoms in total. The molecule has 0 aliphatic carbocycles. The molecular formula is C14H14O4. The van der Waals surface area contributed by atoms with Crippen LogP contribution in [-0.4, -0.2) is 20.4 Å². The first-order valence-electron chi connectivity index (χ1n) is 5.52. The summed E-state index contributed by atoms with van der Waals surface area (Å²) in [5, 5.41) is 38.4. The molecule has 18 heavy (non-hydrogen) atoms. The summed E-state index contributed by atoms with van der Waals surface area (Å²) in [7, 11) is 0. The van der Waals surface area contributed by atoms with Gasteiger partial charge in [0.25, 0.3) is 0 Å². The van der Waals surface area contributed by atoms with E-state index in [0.717, 1.165) is 0 Å². The lowest BCUT2D eigenvalue weighted by Crippen LogP contribution is -1.95. The first-order chi connectivity index (χ1) is 8.69. The zero-order chi connectivity index (χ0) is 13.1. The molecule has 2 aromatic rings. The van der Waals surface area contributed by atoms with Crippen LogP contribution in [0.15, 0.2) is 36.4 Å². The highest BCUT2D eigenvalue weighted by Crippen LogP contribution is 2.40. The number of phenols is 2. The van der Waals surface area contributed by atoms with Crippen molar-refractivity contribution < 1.29 is 20.4 Å². The van der Waals surface area contributed by atoms with Gasteiger partial charge in [-0.2, -0.15) is 0 Å². The quantitative estimate of drug-likeness (QED) is 0.665. The van der Waals surface area contributed by atoms with Crippen LogP contribution in [0.2, 0.25) is 0 Å². The van der Waals surface area contributed by atoms with E-state index in [2.05, 4.69) is 0 Å². The number of rotatable bonds is 3. The first-order valence-corrected chi connectivity index (χ1v) is 5.52. The molecule has 2 rings (SSSR count). The van der Waals surface area contributed by atoms with E-state index in [-0.39, 0.29) is 24.7 Å². The van der Waals surface area contributed by atoms with Gasteiger partial charge in [-0.25, -0.2) is 0 Å². The SMILES string of the molecule is OCc1cccc(O)c1-c1c(O)cccc1CO. The molecule has 94 valence electrons. The van der Waals surface area contributed by atoms with E-state index in [4.69, 9.17) is 0 Å². The highest BCUT2D eigenvalue weighted by Gasteiger charge is 2.16. The Hall–Kier alpha value is -2.04. The summed E-state index contributed by atoms with van der Waals surface area (Å²) in [6.07, 6.45) is 0. The Morgan fingerprint density at radius 3 is 1.39 bits per heavy atom. The van der Waals surface area contributed by atoms with Crippen molar-refractivity contribution >= 4 is 0 Å². The highest BCUT2D eigenvalue weighted by molar-refractivity contribution is 5.80. The van der Waals surface area contributed by atoms with Crippen molar-refractivity contribution in [1.29, 1.82) is 0 Å². The normalized spacial score (nSPS) is 10.6. The fourth-order valence-corrected chi connectivity index (χ4v) is 2.01. The smallest absolute Gasteiger partial charge is 0.123 e. The Bertz CT molecular complexity index is 512. The number of aromatic hydroxyl groups is 2. The number of hydrogen-bond acceptors (Lipinski definition) is 4. The summed E-state index contributed by atoms with van der Waals surface area (Å²) in [4.78, 5) is 0. The van der Waals surface area contributed by atoms with Crippen LogP contribution in [0.5, 0.6) is 11.5 Å². The number of benzene rings is 2. The fourth-order valence-electron chi connectivity index (χ4n) is 2.01. The van der Waals surface area contributed by atoms with Gasteiger partial charge >= 0.3 is 0 Å². The van der Waals surface area contributed by atoms with Crippen LogP contribution < -0.4 is 0 Å². The molecule has 0 aromatic heterocycles. The molecule has 0 spiro atoms. The Labute approximate surface area is 104 Å². The Kier molecular flexibility index (Phi) is 3.50. The van der Waals surface area contributed by atoms with E-state index in [1.54, 1.807) is 24.3 Å². The predicted octanol–water partition coefficient (Wildman–Crippen LogP) is 1.75. The topological polar surface area (TPSA) is 80.9 Å². The predicted molar refractivity (Wildman–Crippen MR) is 67.1 cm³/mol. The van der Waals surface area contributed by atoms with Gasteiger partial charge in [-0.15, -0.1) is 0 Å². The molecule has 0 unspecified atom stereocenters. The molecule has 0 aliphatic heterocycles. The Morgan fingerprint density at radius 1 is 0.667 bits per heavy atom. The lowest BCUT2D eigenvalue weighted by molar-refractivity contribution is 0.279. The van der Waals surface area contributed by atoms with Crippen LogP contribution in [0.25, 0.3) is 11.1 Å². The van der Waals surface area contributed by atoms with Gasteiger partial charge < -0.3 is 20.4 Å². The molecule has 4 heteroatoms.